The highest BCUT2D eigenvalue weighted by Crippen LogP contribution is 2.70. The fourth-order valence-corrected chi connectivity index (χ4v) is 16.7. The lowest BCUT2D eigenvalue weighted by atomic mass is 9.72. The Balaban J connectivity index is 1.45. The molecule has 1 heterocycles. The van der Waals surface area contributed by atoms with E-state index in [1.165, 1.54) is 101 Å². The fraction of sp³-hybridized carbons (Fsp3) is 0.676. The van der Waals surface area contributed by atoms with Crippen LogP contribution >= 0.6 is 15.7 Å². The van der Waals surface area contributed by atoms with Crippen molar-refractivity contribution in [3.63, 3.8) is 0 Å². The maximum atomic E-state index is 15.5. The van der Waals surface area contributed by atoms with Crippen LogP contribution in [0.15, 0.2) is 60.7 Å². The molecule has 4 aliphatic rings. The molecule has 216 valence electrons. The van der Waals surface area contributed by atoms with E-state index in [4.69, 9.17) is 0 Å². The van der Waals surface area contributed by atoms with E-state index < -0.39 is 15.7 Å². The summed E-state index contributed by atoms with van der Waals surface area (Å²) in [6.45, 7) is 7.45. The molecule has 1 aliphatic heterocycles. The van der Waals surface area contributed by atoms with Crippen LogP contribution in [0.3, 0.4) is 0 Å². The van der Waals surface area contributed by atoms with E-state index in [1.54, 1.807) is 0 Å². The van der Waals surface area contributed by atoms with Crippen molar-refractivity contribution < 1.29 is 4.57 Å². The molecule has 0 amide bonds. The Kier molecular flexibility index (Phi) is 8.93. The average molecular weight is 576 g/mol. The quantitative estimate of drug-likeness (QED) is 0.332. The van der Waals surface area contributed by atoms with Gasteiger partial charge in [-0.1, -0.05) is 104 Å². The van der Waals surface area contributed by atoms with Crippen LogP contribution in [0.1, 0.15) is 111 Å². The van der Waals surface area contributed by atoms with Crippen LogP contribution in [0.25, 0.3) is 0 Å². The number of rotatable bonds is 4. The predicted octanol–water partition coefficient (Wildman–Crippen LogP) is 10.4. The summed E-state index contributed by atoms with van der Waals surface area (Å²) in [4.78, 5) is 0. The zero-order valence-electron chi connectivity index (χ0n) is 25.4. The van der Waals surface area contributed by atoms with Gasteiger partial charge >= 0.3 is 7.80 Å². The molecule has 2 bridgehead atoms. The zero-order valence-corrected chi connectivity index (χ0v) is 27.2. The molecule has 6 rings (SSSR count). The number of hydrogen-bond acceptors (Lipinski definition) is 1. The number of fused-ring (bicyclic) bond motifs is 6. The fourth-order valence-electron chi connectivity index (χ4n) is 10.4. The van der Waals surface area contributed by atoms with E-state index in [0.717, 1.165) is 17.8 Å². The predicted molar refractivity (Wildman–Crippen MR) is 175 cm³/mol. The lowest BCUT2D eigenvalue weighted by molar-refractivity contribution is 0.175. The normalized spacial score (nSPS) is 36.1. The smallest absolute Gasteiger partial charge is 0.0735 e. The van der Waals surface area contributed by atoms with Gasteiger partial charge in [0.2, 0.25) is 0 Å². The van der Waals surface area contributed by atoms with E-state index in [-0.39, 0.29) is 10.3 Å². The van der Waals surface area contributed by atoms with Crippen molar-refractivity contribution in [2.75, 3.05) is 0 Å². The van der Waals surface area contributed by atoms with Gasteiger partial charge in [0, 0.05) is 11.8 Å². The van der Waals surface area contributed by atoms with Crippen LogP contribution in [0.2, 0.25) is 0 Å². The molecule has 3 aliphatic carbocycles. The molecule has 0 radical (unpaired) electrons. The van der Waals surface area contributed by atoms with Crippen molar-refractivity contribution in [1.29, 1.82) is 0 Å². The van der Waals surface area contributed by atoms with E-state index >= 15 is 4.57 Å². The van der Waals surface area contributed by atoms with E-state index in [2.05, 4.69) is 81.4 Å². The van der Waals surface area contributed by atoms with Crippen molar-refractivity contribution in [2.45, 2.75) is 127 Å². The molecular formula is C37H53OP2+. The first kappa shape index (κ1) is 29.1. The maximum Gasteiger partial charge on any atom is 0.351 e. The van der Waals surface area contributed by atoms with Crippen LogP contribution in [0, 0.1) is 29.6 Å². The minimum absolute atomic E-state index is 0.00270. The molecule has 0 aromatic heterocycles. The van der Waals surface area contributed by atoms with Crippen LogP contribution in [-0.4, -0.2) is 16.0 Å². The summed E-state index contributed by atoms with van der Waals surface area (Å²) in [6.07, 6.45) is 18.9. The Labute approximate surface area is 247 Å². The van der Waals surface area contributed by atoms with Gasteiger partial charge in [-0.3, -0.25) is 0 Å². The van der Waals surface area contributed by atoms with E-state index in [0.29, 0.717) is 17.5 Å². The van der Waals surface area contributed by atoms with Gasteiger partial charge in [-0.15, -0.1) is 0 Å². The SMILES string of the molecule is CC(C1CCCC12C1CCCCCC(CC1)C1CCCC1CC(C)(C)[P+]2=O)P(c1ccccc1)c1ccccc1. The van der Waals surface area contributed by atoms with Crippen LogP contribution in [-0.2, 0) is 4.57 Å². The second kappa shape index (κ2) is 12.3. The first-order valence-corrected chi connectivity index (χ1v) is 19.5. The molecule has 0 N–H and O–H groups in total. The molecule has 2 aromatic rings. The van der Waals surface area contributed by atoms with Gasteiger partial charge in [0.1, 0.15) is 0 Å². The standard InChI is InChI=1S/C37H53OP2/c1-28(39(32-18-9-5-10-19-32)33-20-11-6-12-21-33)35-23-14-26-37(35)31-17-8-4-7-15-29(24-25-31)34-22-13-16-30(34)27-36(2,3)40(37)38/h5-6,9-12,18-21,28-31,34-35H,4,7-8,13-17,22-27H2,1-3H3/q+1. The van der Waals surface area contributed by atoms with Crippen molar-refractivity contribution in [2.24, 2.45) is 29.6 Å². The topological polar surface area (TPSA) is 17.1 Å². The third-order valence-electron chi connectivity index (χ3n) is 12.0. The maximum absolute atomic E-state index is 15.5. The molecule has 8 atom stereocenters. The molecule has 8 unspecified atom stereocenters. The van der Waals surface area contributed by atoms with E-state index in [1.807, 2.05) is 0 Å². The Hall–Kier alpha value is -1.03. The molecule has 4 fully saturated rings. The van der Waals surface area contributed by atoms with Crippen molar-refractivity contribution >= 4 is 26.3 Å². The molecule has 40 heavy (non-hydrogen) atoms. The van der Waals surface area contributed by atoms with Gasteiger partial charge in [0.05, 0.1) is 0 Å². The second-order valence-electron chi connectivity index (χ2n) is 14.6. The highest BCUT2D eigenvalue weighted by Gasteiger charge is 2.67. The molecule has 1 saturated heterocycles. The summed E-state index contributed by atoms with van der Waals surface area (Å²) < 4.78 is 15.5. The van der Waals surface area contributed by atoms with Crippen molar-refractivity contribution in [1.82, 2.24) is 0 Å². The van der Waals surface area contributed by atoms with Gasteiger partial charge < -0.3 is 0 Å². The first-order valence-electron chi connectivity index (χ1n) is 16.8. The molecule has 1 nitrogen and oxygen atoms in total. The lowest BCUT2D eigenvalue weighted by Gasteiger charge is -2.44. The molecule has 2 aromatic carbocycles. The first-order chi connectivity index (χ1) is 19.4. The second-order valence-corrected chi connectivity index (χ2v) is 19.8. The Morgan fingerprint density at radius 1 is 0.725 bits per heavy atom. The summed E-state index contributed by atoms with van der Waals surface area (Å²) in [5.41, 5.74) is 0.530. The monoisotopic (exact) mass is 575 g/mol. The summed E-state index contributed by atoms with van der Waals surface area (Å²) in [5.74, 6) is 3.80. The van der Waals surface area contributed by atoms with Crippen LogP contribution in [0.5, 0.6) is 0 Å². The van der Waals surface area contributed by atoms with E-state index in [9.17, 15) is 0 Å². The number of hydrogen-bond donors (Lipinski definition) is 0. The summed E-state index contributed by atoms with van der Waals surface area (Å²) in [7, 11) is -1.86. The Morgan fingerprint density at radius 3 is 2.08 bits per heavy atom. The van der Waals surface area contributed by atoms with Gasteiger partial charge in [-0.05, 0) is 114 Å². The van der Waals surface area contributed by atoms with Gasteiger partial charge in [-0.2, -0.15) is 0 Å². The van der Waals surface area contributed by atoms with Crippen LogP contribution < -0.4 is 10.6 Å². The summed E-state index contributed by atoms with van der Waals surface area (Å²) >= 11 is 0. The highest BCUT2D eigenvalue weighted by atomic mass is 31.1. The van der Waals surface area contributed by atoms with Crippen molar-refractivity contribution in [3.8, 4) is 0 Å². The van der Waals surface area contributed by atoms with Crippen LogP contribution in [0.4, 0.5) is 0 Å². The Bertz CT molecular complexity index is 1090. The summed E-state index contributed by atoms with van der Waals surface area (Å²) in [6, 6.07) is 22.7. The van der Waals surface area contributed by atoms with Gasteiger partial charge in [0.15, 0.2) is 10.3 Å². The third kappa shape index (κ3) is 5.42. The van der Waals surface area contributed by atoms with Gasteiger partial charge in [0.25, 0.3) is 0 Å². The van der Waals surface area contributed by atoms with Gasteiger partial charge in [-0.25, -0.2) is 0 Å². The molecule has 3 saturated carbocycles. The lowest BCUT2D eigenvalue weighted by Crippen LogP contribution is -2.47. The zero-order chi connectivity index (χ0) is 27.7. The average Bonchev–Trinajstić information content (AvgIpc) is 3.63. The molecule has 3 heteroatoms. The number of benzene rings is 2. The highest BCUT2D eigenvalue weighted by molar-refractivity contribution is 7.73. The largest absolute Gasteiger partial charge is 0.351 e. The van der Waals surface area contributed by atoms with Crippen molar-refractivity contribution in [3.05, 3.63) is 60.7 Å². The minimum Gasteiger partial charge on any atom is -0.0735 e. The summed E-state index contributed by atoms with van der Waals surface area (Å²) in [5, 5.41) is 2.93. The third-order valence-corrected chi connectivity index (χ3v) is 17.9. The minimum atomic E-state index is -1.34. The molecule has 1 spiro atoms. The molecular weight excluding hydrogens is 522 g/mol. The Morgan fingerprint density at radius 2 is 1.38 bits per heavy atom.